The van der Waals surface area contributed by atoms with Gasteiger partial charge in [0.25, 0.3) is 0 Å². The molecule has 0 unspecified atom stereocenters. The number of rotatable bonds is 5. The van der Waals surface area contributed by atoms with Gasteiger partial charge < -0.3 is 25.3 Å². The fraction of sp³-hybridized carbons (Fsp3) is 0.444. The number of nitrogens with two attached hydrogens (primary N) is 1. The van der Waals surface area contributed by atoms with Crippen LogP contribution in [0.15, 0.2) is 30.5 Å². The number of carbonyl (C=O) groups excluding carboxylic acids is 2. The first-order valence-corrected chi connectivity index (χ1v) is 8.46. The first-order valence-electron chi connectivity index (χ1n) is 8.46. The first kappa shape index (κ1) is 20.2. The predicted molar refractivity (Wildman–Crippen MR) is 102 cm³/mol. The number of hydrogen-bond donors (Lipinski definition) is 2. The number of halogens is 1. The summed E-state index contributed by atoms with van der Waals surface area (Å²) < 4.78 is 4.87. The van der Waals surface area contributed by atoms with E-state index in [9.17, 15) is 9.59 Å². The van der Waals surface area contributed by atoms with Crippen LogP contribution in [0.1, 0.15) is 5.56 Å². The highest BCUT2D eigenvalue weighted by Crippen LogP contribution is 2.19. The van der Waals surface area contributed by atoms with Gasteiger partial charge in [0.1, 0.15) is 6.61 Å². The van der Waals surface area contributed by atoms with E-state index in [4.69, 9.17) is 10.5 Å². The number of benzene rings is 1. The molecule has 2 aromatic rings. The number of fused-ring (bicyclic) bond motifs is 1. The molecule has 1 fully saturated rings. The van der Waals surface area contributed by atoms with Crippen molar-refractivity contribution in [3.8, 4) is 0 Å². The van der Waals surface area contributed by atoms with Gasteiger partial charge in [0, 0.05) is 50.4 Å². The minimum Gasteiger partial charge on any atom is -0.375 e. The van der Waals surface area contributed by atoms with Crippen molar-refractivity contribution in [1.82, 2.24) is 14.8 Å². The lowest BCUT2D eigenvalue weighted by atomic mass is 10.0. The number of para-hydroxylation sites is 1. The Labute approximate surface area is 158 Å². The Morgan fingerprint density at radius 2 is 1.85 bits per heavy atom. The number of carbonyl (C=O) groups is 2. The Morgan fingerprint density at radius 3 is 2.54 bits per heavy atom. The van der Waals surface area contributed by atoms with Crippen molar-refractivity contribution in [3.63, 3.8) is 0 Å². The summed E-state index contributed by atoms with van der Waals surface area (Å²) >= 11 is 0. The molecule has 2 heterocycles. The second-order valence-electron chi connectivity index (χ2n) is 6.31. The zero-order chi connectivity index (χ0) is 17.8. The summed E-state index contributed by atoms with van der Waals surface area (Å²) in [5, 5.41) is 1.10. The van der Waals surface area contributed by atoms with Crippen LogP contribution < -0.4 is 5.73 Å². The molecule has 1 aromatic carbocycles. The molecule has 1 aromatic heterocycles. The highest BCUT2D eigenvalue weighted by Gasteiger charge is 2.27. The molecule has 1 aliphatic rings. The van der Waals surface area contributed by atoms with E-state index >= 15 is 0 Å². The molecule has 2 amide bonds. The largest absolute Gasteiger partial charge is 0.375 e. The summed E-state index contributed by atoms with van der Waals surface area (Å²) in [6.07, 6.45) is 2.41. The zero-order valence-electron chi connectivity index (χ0n) is 14.8. The van der Waals surface area contributed by atoms with E-state index in [1.165, 1.54) is 7.11 Å². The van der Waals surface area contributed by atoms with Crippen molar-refractivity contribution in [3.05, 3.63) is 36.0 Å². The number of aromatic nitrogens is 1. The van der Waals surface area contributed by atoms with Gasteiger partial charge in [0.2, 0.25) is 11.8 Å². The van der Waals surface area contributed by atoms with Crippen LogP contribution in [0.5, 0.6) is 0 Å². The molecule has 0 aliphatic carbocycles. The fourth-order valence-electron chi connectivity index (χ4n) is 3.25. The topological polar surface area (TPSA) is 91.7 Å². The molecule has 3 N–H and O–H groups in total. The van der Waals surface area contributed by atoms with Gasteiger partial charge in [-0.2, -0.15) is 0 Å². The molecule has 0 radical (unpaired) electrons. The van der Waals surface area contributed by atoms with Crippen LogP contribution in [0.25, 0.3) is 10.9 Å². The Kier molecular flexibility index (Phi) is 7.02. The van der Waals surface area contributed by atoms with Crippen LogP contribution >= 0.6 is 12.4 Å². The molecule has 0 saturated carbocycles. The van der Waals surface area contributed by atoms with Gasteiger partial charge in [-0.3, -0.25) is 9.59 Å². The smallest absolute Gasteiger partial charge is 0.248 e. The number of ether oxygens (including phenoxy) is 1. The number of H-pyrrole nitrogens is 1. The number of amides is 2. The average molecular weight is 381 g/mol. The summed E-state index contributed by atoms with van der Waals surface area (Å²) in [7, 11) is 1.50. The maximum atomic E-state index is 12.6. The van der Waals surface area contributed by atoms with Gasteiger partial charge in [-0.1, -0.05) is 18.2 Å². The highest BCUT2D eigenvalue weighted by molar-refractivity contribution is 5.86. The molecule has 1 atom stereocenters. The maximum absolute atomic E-state index is 12.6. The van der Waals surface area contributed by atoms with Crippen molar-refractivity contribution < 1.29 is 14.3 Å². The minimum atomic E-state index is -0.583. The molecular weight excluding hydrogens is 356 g/mol. The van der Waals surface area contributed by atoms with E-state index in [1.54, 1.807) is 9.80 Å². The van der Waals surface area contributed by atoms with Crippen LogP contribution in [0.2, 0.25) is 0 Å². The minimum absolute atomic E-state index is 0. The maximum Gasteiger partial charge on any atom is 0.248 e. The van der Waals surface area contributed by atoms with E-state index in [-0.39, 0.29) is 30.8 Å². The Bertz CT molecular complexity index is 756. The SMILES string of the molecule is COCC(=O)N1CCN(C(=O)[C@@H](N)Cc2c[nH]c3ccccc23)CC1.Cl. The number of methoxy groups -OCH3 is 1. The molecule has 26 heavy (non-hydrogen) atoms. The number of piperazine rings is 1. The molecule has 0 spiro atoms. The Balaban J connectivity index is 0.00000243. The lowest BCUT2D eigenvalue weighted by molar-refractivity contribution is -0.142. The van der Waals surface area contributed by atoms with Crippen LogP contribution in [0, 0.1) is 0 Å². The number of aromatic amines is 1. The monoisotopic (exact) mass is 380 g/mol. The summed E-state index contributed by atoms with van der Waals surface area (Å²) in [6, 6.07) is 7.39. The van der Waals surface area contributed by atoms with Gasteiger partial charge in [-0.15, -0.1) is 12.4 Å². The molecule has 1 saturated heterocycles. The molecule has 142 valence electrons. The third-order valence-corrected chi connectivity index (χ3v) is 4.64. The molecule has 1 aliphatic heterocycles. The van der Waals surface area contributed by atoms with Gasteiger partial charge in [-0.05, 0) is 18.1 Å². The van der Waals surface area contributed by atoms with Gasteiger partial charge >= 0.3 is 0 Å². The van der Waals surface area contributed by atoms with Gasteiger partial charge in [-0.25, -0.2) is 0 Å². The van der Waals surface area contributed by atoms with Crippen molar-refractivity contribution in [1.29, 1.82) is 0 Å². The molecular formula is C18H25ClN4O3. The quantitative estimate of drug-likeness (QED) is 0.801. The van der Waals surface area contributed by atoms with Crippen LogP contribution in [-0.2, 0) is 20.7 Å². The summed E-state index contributed by atoms with van der Waals surface area (Å²) in [4.78, 5) is 31.1. The third-order valence-electron chi connectivity index (χ3n) is 4.64. The van der Waals surface area contributed by atoms with Gasteiger partial charge in [0.05, 0.1) is 6.04 Å². The van der Waals surface area contributed by atoms with Crippen LogP contribution in [0.4, 0.5) is 0 Å². The second-order valence-corrected chi connectivity index (χ2v) is 6.31. The van der Waals surface area contributed by atoms with Crippen molar-refractivity contribution in [2.45, 2.75) is 12.5 Å². The van der Waals surface area contributed by atoms with E-state index in [2.05, 4.69) is 4.98 Å². The predicted octanol–water partition coefficient (Wildman–Crippen LogP) is 0.777. The molecule has 3 rings (SSSR count). The van der Waals surface area contributed by atoms with Crippen LogP contribution in [-0.4, -0.2) is 72.5 Å². The van der Waals surface area contributed by atoms with E-state index < -0.39 is 6.04 Å². The average Bonchev–Trinajstić information content (AvgIpc) is 3.04. The highest BCUT2D eigenvalue weighted by atomic mass is 35.5. The van der Waals surface area contributed by atoms with Gasteiger partial charge in [0.15, 0.2) is 0 Å². The summed E-state index contributed by atoms with van der Waals surface area (Å²) in [5.41, 5.74) is 8.26. The normalized spacial score (nSPS) is 15.6. The van der Waals surface area contributed by atoms with Crippen molar-refractivity contribution in [2.75, 3.05) is 39.9 Å². The first-order chi connectivity index (χ1) is 12.1. The van der Waals surface area contributed by atoms with E-state index in [1.807, 2.05) is 30.5 Å². The van der Waals surface area contributed by atoms with E-state index in [0.717, 1.165) is 16.5 Å². The summed E-state index contributed by atoms with van der Waals surface area (Å²) in [5.74, 6) is -0.109. The summed E-state index contributed by atoms with van der Waals surface area (Å²) in [6.45, 7) is 2.14. The number of nitrogens with zero attached hydrogens (tertiary/aromatic N) is 2. The van der Waals surface area contributed by atoms with E-state index in [0.29, 0.717) is 32.6 Å². The number of hydrogen-bond acceptors (Lipinski definition) is 4. The van der Waals surface area contributed by atoms with Crippen molar-refractivity contribution in [2.24, 2.45) is 5.73 Å². The third kappa shape index (κ3) is 4.35. The molecule has 0 bridgehead atoms. The van der Waals surface area contributed by atoms with Crippen molar-refractivity contribution >= 4 is 35.1 Å². The Morgan fingerprint density at radius 1 is 1.19 bits per heavy atom. The molecule has 8 heteroatoms. The second kappa shape index (κ2) is 9.02. The molecule has 7 nitrogen and oxygen atoms in total. The Hall–Kier alpha value is -2.09. The van der Waals surface area contributed by atoms with Crippen LogP contribution in [0.3, 0.4) is 0 Å². The number of nitrogens with one attached hydrogen (secondary N) is 1. The lowest BCUT2D eigenvalue weighted by Gasteiger charge is -2.35. The fourth-order valence-corrected chi connectivity index (χ4v) is 3.25. The zero-order valence-corrected chi connectivity index (χ0v) is 15.6. The standard InChI is InChI=1S/C18H24N4O3.ClH/c1-25-12-17(23)21-6-8-22(9-7-21)18(24)15(19)10-13-11-20-16-5-3-2-4-14(13)16;/h2-5,11,15,20H,6-10,12,19H2,1H3;1H/t15-;/m0./s1. The lowest BCUT2D eigenvalue weighted by Crippen LogP contribution is -2.55.